The van der Waals surface area contributed by atoms with Crippen LogP contribution in [0.1, 0.15) is 43.0 Å². The molecule has 0 aromatic heterocycles. The van der Waals surface area contributed by atoms with Crippen molar-refractivity contribution in [1.29, 1.82) is 0 Å². The number of ketones is 1. The molecule has 1 amide bonds. The fourth-order valence-electron chi connectivity index (χ4n) is 2.24. The molecule has 2 N–H and O–H groups in total. The SMILES string of the molecule is CC(=O)c1ccc(S(=O)(=O)NCCC(=O)NOC2CCCCO2)cc1. The van der Waals surface area contributed by atoms with Gasteiger partial charge < -0.3 is 4.74 Å². The Kier molecular flexibility index (Phi) is 7.06. The lowest BCUT2D eigenvalue weighted by molar-refractivity contribution is -0.200. The number of rotatable bonds is 8. The molecule has 0 spiro atoms. The maximum absolute atomic E-state index is 12.1. The predicted molar refractivity (Wildman–Crippen MR) is 89.1 cm³/mol. The second kappa shape index (κ2) is 9.04. The molecule has 0 saturated carbocycles. The van der Waals surface area contributed by atoms with E-state index in [1.54, 1.807) is 0 Å². The van der Waals surface area contributed by atoms with Crippen molar-refractivity contribution >= 4 is 21.7 Å². The molecule has 1 aliphatic heterocycles. The average molecular weight is 370 g/mol. The number of carbonyl (C=O) groups is 2. The van der Waals surface area contributed by atoms with Gasteiger partial charge in [0.15, 0.2) is 12.1 Å². The summed E-state index contributed by atoms with van der Waals surface area (Å²) in [5.74, 6) is -0.584. The van der Waals surface area contributed by atoms with Crippen LogP contribution in [0.4, 0.5) is 0 Å². The average Bonchev–Trinajstić information content (AvgIpc) is 2.61. The van der Waals surface area contributed by atoms with E-state index < -0.39 is 22.2 Å². The van der Waals surface area contributed by atoms with E-state index >= 15 is 0 Å². The van der Waals surface area contributed by atoms with Crippen LogP contribution < -0.4 is 10.2 Å². The van der Waals surface area contributed by atoms with Crippen LogP contribution >= 0.6 is 0 Å². The van der Waals surface area contributed by atoms with Gasteiger partial charge in [-0.25, -0.2) is 23.5 Å². The Morgan fingerprint density at radius 1 is 1.24 bits per heavy atom. The van der Waals surface area contributed by atoms with Crippen molar-refractivity contribution in [3.63, 3.8) is 0 Å². The molecule has 1 aromatic carbocycles. The van der Waals surface area contributed by atoms with E-state index in [1.807, 2.05) is 0 Å². The van der Waals surface area contributed by atoms with Gasteiger partial charge in [0, 0.05) is 31.6 Å². The van der Waals surface area contributed by atoms with Crippen LogP contribution in [0.5, 0.6) is 0 Å². The van der Waals surface area contributed by atoms with Gasteiger partial charge in [0.2, 0.25) is 15.9 Å². The lowest BCUT2D eigenvalue weighted by Gasteiger charge is -2.22. The Morgan fingerprint density at radius 2 is 1.96 bits per heavy atom. The molecule has 1 unspecified atom stereocenters. The van der Waals surface area contributed by atoms with Gasteiger partial charge in [0.05, 0.1) is 4.90 Å². The first-order chi connectivity index (χ1) is 11.9. The zero-order chi connectivity index (χ0) is 18.3. The molecule has 1 aliphatic rings. The van der Waals surface area contributed by atoms with Crippen LogP contribution in [-0.4, -0.2) is 39.5 Å². The maximum Gasteiger partial charge on any atom is 0.244 e. The summed E-state index contributed by atoms with van der Waals surface area (Å²) in [7, 11) is -3.74. The highest BCUT2D eigenvalue weighted by molar-refractivity contribution is 7.89. The smallest absolute Gasteiger partial charge is 0.244 e. The van der Waals surface area contributed by atoms with Gasteiger partial charge in [-0.15, -0.1) is 0 Å². The Morgan fingerprint density at radius 3 is 2.56 bits per heavy atom. The number of sulfonamides is 1. The lowest BCUT2D eigenvalue weighted by atomic mass is 10.2. The number of hydrogen-bond donors (Lipinski definition) is 2. The largest absolute Gasteiger partial charge is 0.350 e. The second-order valence-electron chi connectivity index (χ2n) is 5.67. The fourth-order valence-corrected chi connectivity index (χ4v) is 3.27. The standard InChI is InChI=1S/C16H22N2O6S/c1-12(19)13-5-7-14(8-6-13)25(21,22)17-10-9-15(20)18-24-16-4-2-3-11-23-16/h5-8,16-17H,2-4,9-11H2,1H3,(H,18,20). The number of benzene rings is 1. The van der Waals surface area contributed by atoms with Crippen molar-refractivity contribution in [2.24, 2.45) is 0 Å². The van der Waals surface area contributed by atoms with Crippen molar-refractivity contribution in [3.8, 4) is 0 Å². The molecule has 1 saturated heterocycles. The van der Waals surface area contributed by atoms with Gasteiger partial charge in [-0.3, -0.25) is 9.59 Å². The topological polar surface area (TPSA) is 111 Å². The zero-order valence-electron chi connectivity index (χ0n) is 14.0. The molecule has 1 aromatic rings. The van der Waals surface area contributed by atoms with Crippen LogP contribution in [0.3, 0.4) is 0 Å². The van der Waals surface area contributed by atoms with Crippen molar-refractivity contribution < 1.29 is 27.6 Å². The third-order valence-electron chi connectivity index (χ3n) is 3.66. The summed E-state index contributed by atoms with van der Waals surface area (Å²) in [6.07, 6.45) is 2.14. The van der Waals surface area contributed by atoms with Crippen molar-refractivity contribution in [2.45, 2.75) is 43.8 Å². The van der Waals surface area contributed by atoms with E-state index in [-0.39, 0.29) is 23.6 Å². The molecule has 0 aliphatic carbocycles. The van der Waals surface area contributed by atoms with E-state index in [0.29, 0.717) is 18.6 Å². The normalized spacial score (nSPS) is 17.9. The lowest BCUT2D eigenvalue weighted by Crippen LogP contribution is -2.35. The Hall–Kier alpha value is -1.81. The number of carbonyl (C=O) groups excluding carboxylic acids is 2. The minimum Gasteiger partial charge on any atom is -0.350 e. The Balaban J connectivity index is 1.75. The Labute approximate surface area is 146 Å². The summed E-state index contributed by atoms with van der Waals surface area (Å²) in [6.45, 7) is 1.93. The molecular weight excluding hydrogens is 348 g/mol. The van der Waals surface area contributed by atoms with Gasteiger partial charge in [0.1, 0.15) is 0 Å². The summed E-state index contributed by atoms with van der Waals surface area (Å²) in [6, 6.07) is 5.59. The molecule has 8 nitrogen and oxygen atoms in total. The maximum atomic E-state index is 12.1. The molecule has 25 heavy (non-hydrogen) atoms. The molecule has 138 valence electrons. The second-order valence-corrected chi connectivity index (χ2v) is 7.43. The number of Topliss-reactive ketones (excluding diaryl/α,β-unsaturated/α-hetero) is 1. The summed E-state index contributed by atoms with van der Waals surface area (Å²) in [4.78, 5) is 28.0. The molecule has 2 rings (SSSR count). The number of ether oxygens (including phenoxy) is 1. The number of amides is 1. The van der Waals surface area contributed by atoms with Crippen LogP contribution in [0.2, 0.25) is 0 Å². The molecular formula is C16H22N2O6S. The highest BCUT2D eigenvalue weighted by atomic mass is 32.2. The van der Waals surface area contributed by atoms with E-state index in [4.69, 9.17) is 9.57 Å². The van der Waals surface area contributed by atoms with Gasteiger partial charge in [-0.2, -0.15) is 0 Å². The first-order valence-corrected chi connectivity index (χ1v) is 9.53. The number of hydrogen-bond acceptors (Lipinski definition) is 6. The molecule has 1 heterocycles. The molecule has 1 atom stereocenters. The molecule has 0 bridgehead atoms. The Bertz CT molecular complexity index is 696. The first-order valence-electron chi connectivity index (χ1n) is 8.05. The monoisotopic (exact) mass is 370 g/mol. The van der Waals surface area contributed by atoms with E-state index in [0.717, 1.165) is 12.8 Å². The highest BCUT2D eigenvalue weighted by Gasteiger charge is 2.17. The third kappa shape index (κ3) is 6.20. The van der Waals surface area contributed by atoms with Crippen LogP contribution in [0.25, 0.3) is 0 Å². The first kappa shape index (κ1) is 19.5. The van der Waals surface area contributed by atoms with Gasteiger partial charge in [0.25, 0.3) is 0 Å². The fraction of sp³-hybridized carbons (Fsp3) is 0.500. The van der Waals surface area contributed by atoms with Crippen LogP contribution in [0.15, 0.2) is 29.2 Å². The van der Waals surface area contributed by atoms with Crippen LogP contribution in [-0.2, 0) is 24.4 Å². The van der Waals surface area contributed by atoms with E-state index in [9.17, 15) is 18.0 Å². The highest BCUT2D eigenvalue weighted by Crippen LogP contribution is 2.13. The summed E-state index contributed by atoms with van der Waals surface area (Å²) in [5, 5.41) is 0. The molecule has 0 radical (unpaired) electrons. The predicted octanol–water partition coefficient (Wildman–Crippen LogP) is 1.13. The number of hydroxylamine groups is 1. The number of nitrogens with one attached hydrogen (secondary N) is 2. The summed E-state index contributed by atoms with van der Waals surface area (Å²) < 4.78 is 31.9. The van der Waals surface area contributed by atoms with Gasteiger partial charge >= 0.3 is 0 Å². The van der Waals surface area contributed by atoms with Crippen LogP contribution in [0, 0.1) is 0 Å². The van der Waals surface area contributed by atoms with Gasteiger partial charge in [-0.1, -0.05) is 12.1 Å². The van der Waals surface area contributed by atoms with Crippen molar-refractivity contribution in [2.75, 3.05) is 13.2 Å². The van der Waals surface area contributed by atoms with Crippen molar-refractivity contribution in [3.05, 3.63) is 29.8 Å². The third-order valence-corrected chi connectivity index (χ3v) is 5.13. The minimum absolute atomic E-state index is 0.0322. The van der Waals surface area contributed by atoms with E-state index in [2.05, 4.69) is 10.2 Å². The minimum atomic E-state index is -3.74. The van der Waals surface area contributed by atoms with E-state index in [1.165, 1.54) is 31.2 Å². The van der Waals surface area contributed by atoms with Gasteiger partial charge in [-0.05, 0) is 31.9 Å². The molecule has 9 heteroatoms. The quantitative estimate of drug-likeness (QED) is 0.524. The molecule has 1 fully saturated rings. The summed E-state index contributed by atoms with van der Waals surface area (Å²) >= 11 is 0. The zero-order valence-corrected chi connectivity index (χ0v) is 14.8. The van der Waals surface area contributed by atoms with Crippen molar-refractivity contribution in [1.82, 2.24) is 10.2 Å². The summed E-state index contributed by atoms with van der Waals surface area (Å²) in [5.41, 5.74) is 2.69.